The fourth-order valence-electron chi connectivity index (χ4n) is 2.46. The van der Waals surface area contributed by atoms with E-state index in [1.807, 2.05) is 11.4 Å². The first-order valence-corrected chi connectivity index (χ1v) is 7.03. The lowest BCUT2D eigenvalue weighted by Crippen LogP contribution is -2.25. The Morgan fingerprint density at radius 3 is 3.28 bits per heavy atom. The molecule has 3 heterocycles. The van der Waals surface area contributed by atoms with Gasteiger partial charge in [0.25, 0.3) is 5.56 Å². The molecule has 2 aromatic rings. The van der Waals surface area contributed by atoms with Crippen LogP contribution in [-0.2, 0) is 6.54 Å². The van der Waals surface area contributed by atoms with Crippen LogP contribution in [0.2, 0.25) is 0 Å². The second-order valence-corrected chi connectivity index (χ2v) is 5.69. The van der Waals surface area contributed by atoms with E-state index in [1.54, 1.807) is 0 Å². The van der Waals surface area contributed by atoms with Crippen molar-refractivity contribution in [3.8, 4) is 0 Å². The third kappa shape index (κ3) is 2.19. The molecule has 0 aliphatic carbocycles. The highest BCUT2D eigenvalue weighted by atomic mass is 32.1. The van der Waals surface area contributed by atoms with Gasteiger partial charge in [-0.2, -0.15) is 0 Å². The predicted molar refractivity (Wildman–Crippen MR) is 72.7 cm³/mol. The summed E-state index contributed by atoms with van der Waals surface area (Å²) in [5.41, 5.74) is 6.45. The quantitative estimate of drug-likeness (QED) is 0.858. The summed E-state index contributed by atoms with van der Waals surface area (Å²) in [6.45, 7) is 3.48. The molecule has 5 nitrogen and oxygen atoms in total. The molecule has 1 aliphatic rings. The van der Waals surface area contributed by atoms with Crippen LogP contribution in [0.3, 0.4) is 0 Å². The molecular formula is C12H16N4OS. The van der Waals surface area contributed by atoms with Gasteiger partial charge in [0, 0.05) is 6.54 Å². The van der Waals surface area contributed by atoms with Crippen molar-refractivity contribution in [2.75, 3.05) is 19.6 Å². The molecular weight excluding hydrogens is 248 g/mol. The van der Waals surface area contributed by atoms with Gasteiger partial charge in [-0.25, -0.2) is 4.98 Å². The Balaban J connectivity index is 1.81. The number of rotatable bonds is 3. The van der Waals surface area contributed by atoms with Gasteiger partial charge in [0.2, 0.25) is 0 Å². The summed E-state index contributed by atoms with van der Waals surface area (Å²) in [4.78, 5) is 21.5. The van der Waals surface area contributed by atoms with Gasteiger partial charge in [0.05, 0.1) is 12.1 Å². The maximum absolute atomic E-state index is 11.8. The van der Waals surface area contributed by atoms with Gasteiger partial charge < -0.3 is 10.7 Å². The lowest BCUT2D eigenvalue weighted by molar-refractivity contribution is 0.310. The molecule has 0 amide bonds. The normalized spacial score (nSPS) is 20.8. The first kappa shape index (κ1) is 11.8. The molecule has 2 aromatic heterocycles. The first-order chi connectivity index (χ1) is 8.76. The monoisotopic (exact) mass is 264 g/mol. The van der Waals surface area contributed by atoms with E-state index in [9.17, 15) is 4.79 Å². The van der Waals surface area contributed by atoms with Crippen LogP contribution in [0.5, 0.6) is 0 Å². The Kier molecular flexibility index (Phi) is 3.15. The minimum Gasteiger partial charge on any atom is -0.330 e. The van der Waals surface area contributed by atoms with Crippen molar-refractivity contribution in [2.45, 2.75) is 13.0 Å². The summed E-state index contributed by atoms with van der Waals surface area (Å²) < 4.78 is 0.708. The van der Waals surface area contributed by atoms with Gasteiger partial charge in [0.15, 0.2) is 0 Å². The largest absolute Gasteiger partial charge is 0.330 e. The standard InChI is InChI=1S/C12H16N4OS/c13-5-8-1-3-16(6-8)7-10-14-9-2-4-18-11(9)12(17)15-10/h2,4,8H,1,3,5-7,13H2,(H,14,15,17). The lowest BCUT2D eigenvalue weighted by Gasteiger charge is -2.14. The third-order valence-corrected chi connectivity index (χ3v) is 4.34. The molecule has 0 radical (unpaired) electrons. The zero-order valence-electron chi connectivity index (χ0n) is 10.1. The molecule has 96 valence electrons. The summed E-state index contributed by atoms with van der Waals surface area (Å²) in [5, 5.41) is 1.90. The zero-order chi connectivity index (χ0) is 12.5. The van der Waals surface area contributed by atoms with Crippen molar-refractivity contribution < 1.29 is 0 Å². The van der Waals surface area contributed by atoms with E-state index in [4.69, 9.17) is 5.73 Å². The van der Waals surface area contributed by atoms with Crippen LogP contribution in [0.1, 0.15) is 12.2 Å². The molecule has 6 heteroatoms. The SMILES string of the molecule is NCC1CCN(Cc2nc3ccsc3c(=O)[nH]2)C1. The molecule has 3 rings (SSSR count). The van der Waals surface area contributed by atoms with Crippen LogP contribution in [0.15, 0.2) is 16.2 Å². The summed E-state index contributed by atoms with van der Waals surface area (Å²) in [5.74, 6) is 1.34. The minimum atomic E-state index is -0.0282. The second kappa shape index (κ2) is 4.79. The molecule has 0 spiro atoms. The van der Waals surface area contributed by atoms with Gasteiger partial charge in [-0.3, -0.25) is 9.69 Å². The Labute approximate surface area is 109 Å². The number of likely N-dealkylation sites (tertiary alicyclic amines) is 1. The van der Waals surface area contributed by atoms with E-state index in [0.29, 0.717) is 17.2 Å². The Hall–Kier alpha value is -1.24. The second-order valence-electron chi connectivity index (χ2n) is 4.77. The molecule has 0 saturated carbocycles. The van der Waals surface area contributed by atoms with Crippen molar-refractivity contribution in [1.82, 2.24) is 14.9 Å². The Bertz CT molecular complexity index is 605. The van der Waals surface area contributed by atoms with E-state index in [-0.39, 0.29) is 5.56 Å². The number of aromatic nitrogens is 2. The fraction of sp³-hybridized carbons (Fsp3) is 0.500. The molecule has 1 atom stereocenters. The van der Waals surface area contributed by atoms with Crippen molar-refractivity contribution in [3.63, 3.8) is 0 Å². The molecule has 1 fully saturated rings. The van der Waals surface area contributed by atoms with Crippen molar-refractivity contribution in [1.29, 1.82) is 0 Å². The maximum atomic E-state index is 11.8. The number of nitrogens with one attached hydrogen (secondary N) is 1. The molecule has 0 aromatic carbocycles. The van der Waals surface area contributed by atoms with Crippen molar-refractivity contribution in [3.05, 3.63) is 27.6 Å². The highest BCUT2D eigenvalue weighted by molar-refractivity contribution is 7.17. The average molecular weight is 264 g/mol. The number of fused-ring (bicyclic) bond motifs is 1. The number of nitrogens with two attached hydrogens (primary N) is 1. The molecule has 0 bridgehead atoms. The van der Waals surface area contributed by atoms with Crippen LogP contribution in [-0.4, -0.2) is 34.5 Å². The van der Waals surface area contributed by atoms with E-state index in [1.165, 1.54) is 11.3 Å². The maximum Gasteiger partial charge on any atom is 0.268 e. The van der Waals surface area contributed by atoms with Crippen LogP contribution in [0, 0.1) is 5.92 Å². The summed E-state index contributed by atoms with van der Waals surface area (Å²) in [7, 11) is 0. The number of aromatic amines is 1. The third-order valence-electron chi connectivity index (χ3n) is 3.44. The summed E-state index contributed by atoms with van der Waals surface area (Å²) in [6, 6.07) is 1.89. The van der Waals surface area contributed by atoms with Gasteiger partial charge in [-0.1, -0.05) is 0 Å². The van der Waals surface area contributed by atoms with Crippen LogP contribution < -0.4 is 11.3 Å². The highest BCUT2D eigenvalue weighted by Crippen LogP contribution is 2.18. The predicted octanol–water partition coefficient (Wildman–Crippen LogP) is 0.765. The fourth-order valence-corrected chi connectivity index (χ4v) is 3.18. The Morgan fingerprint density at radius 2 is 2.50 bits per heavy atom. The van der Waals surface area contributed by atoms with Gasteiger partial charge >= 0.3 is 0 Å². The molecule has 1 aliphatic heterocycles. The van der Waals surface area contributed by atoms with E-state index in [2.05, 4.69) is 14.9 Å². The van der Waals surface area contributed by atoms with Crippen LogP contribution in [0.25, 0.3) is 10.2 Å². The van der Waals surface area contributed by atoms with E-state index in [0.717, 1.165) is 37.4 Å². The number of hydrogen-bond donors (Lipinski definition) is 2. The van der Waals surface area contributed by atoms with Gasteiger partial charge in [-0.15, -0.1) is 11.3 Å². The Morgan fingerprint density at radius 1 is 1.61 bits per heavy atom. The topological polar surface area (TPSA) is 75.0 Å². The van der Waals surface area contributed by atoms with Crippen LogP contribution in [0.4, 0.5) is 0 Å². The molecule has 1 saturated heterocycles. The summed E-state index contributed by atoms with van der Waals surface area (Å²) in [6.07, 6.45) is 1.14. The van der Waals surface area contributed by atoms with Crippen molar-refractivity contribution in [2.24, 2.45) is 11.7 Å². The van der Waals surface area contributed by atoms with E-state index < -0.39 is 0 Å². The molecule has 18 heavy (non-hydrogen) atoms. The number of hydrogen-bond acceptors (Lipinski definition) is 5. The molecule has 1 unspecified atom stereocenters. The zero-order valence-corrected chi connectivity index (χ0v) is 10.9. The number of H-pyrrole nitrogens is 1. The van der Waals surface area contributed by atoms with Gasteiger partial charge in [0.1, 0.15) is 10.5 Å². The minimum absolute atomic E-state index is 0.0282. The smallest absolute Gasteiger partial charge is 0.268 e. The van der Waals surface area contributed by atoms with Gasteiger partial charge in [-0.05, 0) is 36.9 Å². The first-order valence-electron chi connectivity index (χ1n) is 6.15. The van der Waals surface area contributed by atoms with Crippen LogP contribution >= 0.6 is 11.3 Å². The average Bonchev–Trinajstić information content (AvgIpc) is 2.97. The highest BCUT2D eigenvalue weighted by Gasteiger charge is 2.21. The van der Waals surface area contributed by atoms with E-state index >= 15 is 0 Å². The van der Waals surface area contributed by atoms with Crippen molar-refractivity contribution >= 4 is 21.6 Å². The number of nitrogens with zero attached hydrogens (tertiary/aromatic N) is 2. The molecule has 3 N–H and O–H groups in total. The lowest BCUT2D eigenvalue weighted by atomic mass is 10.1. The summed E-state index contributed by atoms with van der Waals surface area (Å²) >= 11 is 1.43. The number of thiophene rings is 1.